The first-order chi connectivity index (χ1) is 13.8. The molecule has 0 amide bonds. The van der Waals surface area contributed by atoms with Gasteiger partial charge in [0.15, 0.2) is 8.68 Å². The molecule has 3 heterocycles. The molecule has 28 heavy (non-hydrogen) atoms. The van der Waals surface area contributed by atoms with Gasteiger partial charge in [-0.25, -0.2) is 14.3 Å². The minimum absolute atomic E-state index is 0.401. The first kappa shape index (κ1) is 19.5. The van der Waals surface area contributed by atoms with Crippen molar-refractivity contribution in [2.45, 2.75) is 14.1 Å². The van der Waals surface area contributed by atoms with Gasteiger partial charge in [0.2, 0.25) is 0 Å². The molecule has 4 nitrogen and oxygen atoms in total. The van der Waals surface area contributed by atoms with Crippen LogP contribution in [0.25, 0.3) is 20.4 Å². The summed E-state index contributed by atoms with van der Waals surface area (Å²) >= 11 is 3.54. The summed E-state index contributed by atoms with van der Waals surface area (Å²) in [5, 5.41) is 3.92. The number of benzene rings is 2. The summed E-state index contributed by atoms with van der Waals surface area (Å²) in [6.45, 7) is 3.03. The molecule has 2 aromatic heterocycles. The van der Waals surface area contributed by atoms with Gasteiger partial charge in [-0.3, -0.25) is 0 Å². The highest BCUT2D eigenvalue weighted by Crippen LogP contribution is 2.45. The summed E-state index contributed by atoms with van der Waals surface area (Å²) in [4.78, 5) is 9.48. The van der Waals surface area contributed by atoms with E-state index in [0.717, 1.165) is 39.3 Å². The number of piperazine rings is 1. The molecule has 5 rings (SSSR count). The number of nitrogens with zero attached hydrogens (tertiary/aromatic N) is 3. The van der Waals surface area contributed by atoms with Crippen LogP contribution in [-0.2, 0) is 0 Å². The monoisotopic (exact) mass is 480 g/mol. The molecule has 0 aliphatic carbocycles. The van der Waals surface area contributed by atoms with Gasteiger partial charge in [-0.2, -0.15) is 0 Å². The van der Waals surface area contributed by atoms with Crippen LogP contribution in [-0.4, -0.2) is 39.3 Å². The average molecular weight is 481 g/mol. The van der Waals surface area contributed by atoms with Crippen LogP contribution in [0.2, 0.25) is 0 Å². The van der Waals surface area contributed by atoms with Crippen molar-refractivity contribution in [2.24, 2.45) is 0 Å². The molecule has 0 bridgehead atoms. The van der Waals surface area contributed by atoms with Gasteiger partial charge in [-0.1, -0.05) is 35.1 Å². The van der Waals surface area contributed by atoms with Crippen LogP contribution in [0.5, 0.6) is 0 Å². The molecule has 4 aromatic rings. The third-order valence-corrected chi connectivity index (χ3v) is 12.2. The van der Waals surface area contributed by atoms with Crippen molar-refractivity contribution < 1.29 is 0 Å². The molecule has 0 saturated carbocycles. The maximum Gasteiger partial charge on any atom is 0.162 e. The van der Waals surface area contributed by atoms with Gasteiger partial charge in [0.1, 0.15) is 0 Å². The Bertz CT molecular complexity index is 928. The van der Waals surface area contributed by atoms with Crippen molar-refractivity contribution in [1.82, 2.24) is 19.6 Å². The van der Waals surface area contributed by atoms with Crippen molar-refractivity contribution in [3.8, 4) is 0 Å². The fourth-order valence-corrected chi connectivity index (χ4v) is 10.5. The summed E-state index contributed by atoms with van der Waals surface area (Å²) in [6, 6.07) is 16.7. The third kappa shape index (κ3) is 4.49. The first-order valence-corrected chi connectivity index (χ1v) is 14.7. The molecule has 144 valence electrons. The highest BCUT2D eigenvalue weighted by atomic mass is 33.1. The van der Waals surface area contributed by atoms with Gasteiger partial charge in [0.25, 0.3) is 0 Å². The smallest absolute Gasteiger partial charge is 0.162 e. The van der Waals surface area contributed by atoms with Gasteiger partial charge in [0.05, 0.1) is 25.8 Å². The quantitative estimate of drug-likeness (QED) is 0.257. The van der Waals surface area contributed by atoms with Crippen LogP contribution in [0.3, 0.4) is 0 Å². The average Bonchev–Trinajstić information content (AvgIpc) is 3.34. The Hall–Kier alpha value is -0.460. The maximum atomic E-state index is 4.74. The first-order valence-electron chi connectivity index (χ1n) is 8.72. The molecule has 1 aliphatic heterocycles. The zero-order valence-corrected chi connectivity index (χ0v) is 19.5. The summed E-state index contributed by atoms with van der Waals surface area (Å²) < 4.78 is 7.22. The van der Waals surface area contributed by atoms with E-state index in [-0.39, 0.29) is 0 Å². The fraction of sp³-hybridized carbons (Fsp3) is 0.222. The molecule has 0 spiro atoms. The van der Waals surface area contributed by atoms with E-state index >= 15 is 0 Å². The minimum atomic E-state index is 0.401. The molecule has 2 aromatic carbocycles. The Labute approximate surface area is 187 Å². The van der Waals surface area contributed by atoms with Crippen LogP contribution in [0.4, 0.5) is 0 Å². The number of thiazole rings is 2. The summed E-state index contributed by atoms with van der Waals surface area (Å²) in [6.07, 6.45) is 0. The van der Waals surface area contributed by atoms with Crippen molar-refractivity contribution in [3.63, 3.8) is 0 Å². The zero-order valence-electron chi connectivity index (χ0n) is 14.6. The number of nitrogens with one attached hydrogen (secondary N) is 1. The summed E-state index contributed by atoms with van der Waals surface area (Å²) in [5.74, 6) is 0. The van der Waals surface area contributed by atoms with Crippen molar-refractivity contribution in [2.75, 3.05) is 19.6 Å². The van der Waals surface area contributed by atoms with Gasteiger partial charge >= 0.3 is 0 Å². The minimum Gasteiger partial charge on any atom is -0.313 e. The van der Waals surface area contributed by atoms with E-state index in [4.69, 9.17) is 9.97 Å². The standard InChI is InChI=1S/C18H16N4S6/c1-3-7-14-12(5-1)20-17(23-14)26-25-16-11-19-9-10-22(16)28-27-18-21-13-6-2-4-8-15(13)24-18/h1-8,16,19H,9-11H2. The largest absolute Gasteiger partial charge is 0.313 e. The lowest BCUT2D eigenvalue weighted by molar-refractivity contribution is 0.373. The Balaban J connectivity index is 1.21. The van der Waals surface area contributed by atoms with Crippen LogP contribution in [0, 0.1) is 0 Å². The van der Waals surface area contributed by atoms with E-state index in [2.05, 4.69) is 46.0 Å². The Morgan fingerprint density at radius 1 is 0.893 bits per heavy atom. The van der Waals surface area contributed by atoms with Gasteiger partial charge in [0, 0.05) is 30.6 Å². The van der Waals surface area contributed by atoms with E-state index < -0.39 is 0 Å². The number of fused-ring (bicyclic) bond motifs is 2. The van der Waals surface area contributed by atoms with E-state index in [1.54, 1.807) is 44.3 Å². The molecular weight excluding hydrogens is 465 g/mol. The van der Waals surface area contributed by atoms with Gasteiger partial charge < -0.3 is 5.32 Å². The van der Waals surface area contributed by atoms with E-state index in [0.29, 0.717) is 5.37 Å². The van der Waals surface area contributed by atoms with Gasteiger partial charge in [-0.15, -0.1) is 22.7 Å². The number of hydrogen-bond acceptors (Lipinski definition) is 10. The van der Waals surface area contributed by atoms with E-state index in [9.17, 15) is 0 Å². The van der Waals surface area contributed by atoms with E-state index in [1.165, 1.54) is 9.40 Å². The fourth-order valence-electron chi connectivity index (χ4n) is 2.78. The van der Waals surface area contributed by atoms with Crippen molar-refractivity contribution in [1.29, 1.82) is 0 Å². The van der Waals surface area contributed by atoms with Gasteiger partial charge in [-0.05, 0) is 45.9 Å². The van der Waals surface area contributed by atoms with Crippen LogP contribution >= 0.6 is 66.0 Å². The van der Waals surface area contributed by atoms with E-state index in [1.807, 2.05) is 33.9 Å². The lowest BCUT2D eigenvalue weighted by Gasteiger charge is -2.33. The Morgan fingerprint density at radius 2 is 1.54 bits per heavy atom. The molecule has 1 fully saturated rings. The number of hydrogen-bond donors (Lipinski definition) is 1. The van der Waals surface area contributed by atoms with Crippen LogP contribution in [0.1, 0.15) is 0 Å². The molecular formula is C18H16N4S6. The third-order valence-electron chi connectivity index (χ3n) is 4.13. The number of rotatable bonds is 6. The van der Waals surface area contributed by atoms with Crippen LogP contribution in [0.15, 0.2) is 57.2 Å². The highest BCUT2D eigenvalue weighted by Gasteiger charge is 2.25. The molecule has 1 unspecified atom stereocenters. The maximum absolute atomic E-state index is 4.74. The molecule has 1 saturated heterocycles. The van der Waals surface area contributed by atoms with Crippen LogP contribution < -0.4 is 5.32 Å². The zero-order chi connectivity index (χ0) is 18.8. The SMILES string of the molecule is c1ccc2sc(SSC3CNCCN3SSc3nc4ccccc4s3)nc2c1. The summed E-state index contributed by atoms with van der Waals surface area (Å²) in [7, 11) is 7.27. The second kappa shape index (κ2) is 9.13. The number of para-hydroxylation sites is 2. The Morgan fingerprint density at radius 3 is 2.21 bits per heavy atom. The topological polar surface area (TPSA) is 41.0 Å². The molecule has 1 aliphatic rings. The lowest BCUT2D eigenvalue weighted by Crippen LogP contribution is -2.45. The lowest BCUT2D eigenvalue weighted by atomic mass is 10.3. The highest BCUT2D eigenvalue weighted by molar-refractivity contribution is 8.78. The molecule has 10 heteroatoms. The Kier molecular flexibility index (Phi) is 6.36. The molecule has 1 N–H and O–H groups in total. The predicted octanol–water partition coefficient (Wildman–Crippen LogP) is 6.23. The predicted molar refractivity (Wildman–Crippen MR) is 129 cm³/mol. The normalized spacial score (nSPS) is 18.2. The van der Waals surface area contributed by atoms with Crippen molar-refractivity contribution >= 4 is 86.5 Å². The molecule has 1 atom stereocenters. The second-order valence-electron chi connectivity index (χ2n) is 6.03. The summed E-state index contributed by atoms with van der Waals surface area (Å²) in [5.41, 5.74) is 2.18. The second-order valence-corrected chi connectivity index (χ2v) is 13.1. The molecule has 0 radical (unpaired) electrons. The van der Waals surface area contributed by atoms with Crippen molar-refractivity contribution in [3.05, 3.63) is 48.5 Å². The number of aromatic nitrogens is 2.